The fourth-order valence-electron chi connectivity index (χ4n) is 7.63. The highest BCUT2D eigenvalue weighted by molar-refractivity contribution is 7.79. The number of carbonyl (C=O) groups is 5. The lowest BCUT2D eigenvalue weighted by atomic mass is 9.70. The molecule has 0 spiro atoms. The molecule has 0 radical (unpaired) electrons. The number of ketones is 1. The number of Topliss-reactive ketones (excluding diaryl/α,β-unsaturated/α-hetero) is 1. The summed E-state index contributed by atoms with van der Waals surface area (Å²) >= 11 is -2.38. The number of nitrogens with zero attached hydrogens (tertiary/aromatic N) is 1. The predicted octanol–water partition coefficient (Wildman–Crippen LogP) is 3.11. The molecule has 12 nitrogen and oxygen atoms in total. The van der Waals surface area contributed by atoms with Gasteiger partial charge in [0.2, 0.25) is 17.6 Å². The largest absolute Gasteiger partial charge is 0.772 e. The number of nitrogens with one attached hydrogen (secondary N) is 4. The molecule has 0 bridgehead atoms. The summed E-state index contributed by atoms with van der Waals surface area (Å²) in [4.78, 5) is 68.9. The van der Waals surface area contributed by atoms with Gasteiger partial charge in [0.25, 0.3) is 5.91 Å². The van der Waals surface area contributed by atoms with E-state index >= 15 is 0 Å². The summed E-state index contributed by atoms with van der Waals surface area (Å²) in [6, 6.07) is -3.28. The molecular weight excluding hydrogens is 610 g/mol. The van der Waals surface area contributed by atoms with E-state index in [4.69, 9.17) is 0 Å². The molecular formula is C33H54N5O7S-. The molecule has 260 valence electrons. The molecule has 4 rings (SSSR count). The molecule has 46 heavy (non-hydrogen) atoms. The molecule has 3 aliphatic carbocycles. The number of hydrogen-bond acceptors (Lipinski definition) is 7. The monoisotopic (exact) mass is 664 g/mol. The number of amides is 5. The van der Waals surface area contributed by atoms with Gasteiger partial charge in [0.1, 0.15) is 12.1 Å². The SMILES string of the molecule is CCCC[C@H](NC(=O)[C@@H]1CCCN1C(=O)[C@@H](NC(=O)NC1([C@H](C)S(=O)[O-])CCCCC1)C1(C)CCCCC1)C(=O)C(=O)NC1CC1. The maximum atomic E-state index is 14.4. The van der Waals surface area contributed by atoms with E-state index in [1.54, 1.807) is 6.92 Å². The summed E-state index contributed by atoms with van der Waals surface area (Å²) < 4.78 is 24.1. The Morgan fingerprint density at radius 3 is 2.13 bits per heavy atom. The van der Waals surface area contributed by atoms with Gasteiger partial charge in [0, 0.05) is 17.8 Å². The molecule has 4 N–H and O–H groups in total. The van der Waals surface area contributed by atoms with E-state index < -0.39 is 69.0 Å². The summed E-state index contributed by atoms with van der Waals surface area (Å²) in [6.07, 6.45) is 12.4. The second-order valence-corrected chi connectivity index (χ2v) is 15.6. The summed E-state index contributed by atoms with van der Waals surface area (Å²) in [5, 5.41) is 10.7. The van der Waals surface area contributed by atoms with E-state index in [0.717, 1.165) is 70.6 Å². The Morgan fingerprint density at radius 2 is 1.54 bits per heavy atom. The predicted molar refractivity (Wildman–Crippen MR) is 173 cm³/mol. The van der Waals surface area contributed by atoms with Crippen molar-refractivity contribution in [1.29, 1.82) is 0 Å². The highest BCUT2D eigenvalue weighted by atomic mass is 32.2. The first kappa shape index (κ1) is 36.3. The standard InChI is InChI=1S/C33H55N5O7S/c1-4-5-13-24(26(39)29(41)34-23-15-16-23)35-28(40)25-14-12-21-38(25)30(42)27(32(3)17-8-6-9-18-32)36-31(43)37-33(22(2)46(44)45)19-10-7-11-20-33/h22-25,27H,4-21H2,1-3H3,(H,34,41)(H,35,40)(H,44,45)(H2,36,37,43)/p-1/t22-,24-,25-,27+/m0/s1. The number of hydrogen-bond donors (Lipinski definition) is 4. The van der Waals surface area contributed by atoms with Crippen LogP contribution in [0.2, 0.25) is 0 Å². The van der Waals surface area contributed by atoms with Gasteiger partial charge in [-0.15, -0.1) is 0 Å². The maximum Gasteiger partial charge on any atom is 0.315 e. The normalized spacial score (nSPS) is 25.0. The molecule has 5 amide bonds. The van der Waals surface area contributed by atoms with Crippen LogP contribution in [-0.4, -0.2) is 84.7 Å². The van der Waals surface area contributed by atoms with Crippen LogP contribution in [0.4, 0.5) is 4.79 Å². The van der Waals surface area contributed by atoms with E-state index in [1.807, 2.05) is 13.8 Å². The molecule has 13 heteroatoms. The van der Waals surface area contributed by atoms with Crippen LogP contribution in [-0.2, 0) is 30.3 Å². The second kappa shape index (κ2) is 16.0. The van der Waals surface area contributed by atoms with Crippen molar-refractivity contribution in [2.45, 2.75) is 165 Å². The van der Waals surface area contributed by atoms with Gasteiger partial charge >= 0.3 is 6.03 Å². The van der Waals surface area contributed by atoms with Gasteiger partial charge in [-0.2, -0.15) is 0 Å². The molecule has 0 aromatic carbocycles. The molecule has 1 aliphatic heterocycles. The van der Waals surface area contributed by atoms with Crippen molar-refractivity contribution in [3.05, 3.63) is 0 Å². The summed E-state index contributed by atoms with van der Waals surface area (Å²) in [5.74, 6) is -2.17. The molecule has 4 aliphatic rings. The summed E-state index contributed by atoms with van der Waals surface area (Å²) in [5.41, 5.74) is -1.47. The minimum absolute atomic E-state index is 0.0170. The number of unbranched alkanes of at least 4 members (excludes halogenated alkanes) is 1. The van der Waals surface area contributed by atoms with Crippen molar-refractivity contribution >= 4 is 40.6 Å². The number of urea groups is 1. The Morgan fingerprint density at radius 1 is 0.913 bits per heavy atom. The van der Waals surface area contributed by atoms with Gasteiger partial charge in [-0.25, -0.2) is 4.79 Å². The fourth-order valence-corrected chi connectivity index (χ4v) is 8.29. The molecule has 1 unspecified atom stereocenters. The van der Waals surface area contributed by atoms with E-state index in [-0.39, 0.29) is 11.9 Å². The van der Waals surface area contributed by atoms with Gasteiger partial charge in [-0.05, 0) is 70.1 Å². The Hall–Kier alpha value is -2.54. The van der Waals surface area contributed by atoms with Crippen LogP contribution in [0, 0.1) is 5.41 Å². The molecule has 0 aromatic heterocycles. The summed E-state index contributed by atoms with van der Waals surface area (Å²) in [7, 11) is 0. The van der Waals surface area contributed by atoms with Crippen molar-refractivity contribution < 1.29 is 32.7 Å². The number of likely N-dealkylation sites (tertiary alicyclic amines) is 1. The average Bonchev–Trinajstić information content (AvgIpc) is 3.71. The lowest BCUT2D eigenvalue weighted by Gasteiger charge is -2.45. The van der Waals surface area contributed by atoms with Crippen LogP contribution in [0.1, 0.15) is 130 Å². The summed E-state index contributed by atoms with van der Waals surface area (Å²) in [6.45, 7) is 5.92. The van der Waals surface area contributed by atoms with Crippen LogP contribution in [0.15, 0.2) is 0 Å². The molecule has 5 atom stereocenters. The lowest BCUT2D eigenvalue weighted by molar-refractivity contribution is -0.144. The molecule has 4 fully saturated rings. The zero-order valence-electron chi connectivity index (χ0n) is 27.8. The Bertz CT molecular complexity index is 1150. The Labute approximate surface area is 276 Å². The van der Waals surface area contributed by atoms with Gasteiger partial charge in [-0.3, -0.25) is 23.4 Å². The van der Waals surface area contributed by atoms with Crippen LogP contribution >= 0.6 is 0 Å². The van der Waals surface area contributed by atoms with Crippen molar-refractivity contribution in [3.63, 3.8) is 0 Å². The van der Waals surface area contributed by atoms with Crippen LogP contribution in [0.5, 0.6) is 0 Å². The van der Waals surface area contributed by atoms with Crippen LogP contribution in [0.25, 0.3) is 0 Å². The van der Waals surface area contributed by atoms with E-state index in [0.29, 0.717) is 45.1 Å². The fraction of sp³-hybridized carbons (Fsp3) is 0.848. The third-order valence-electron chi connectivity index (χ3n) is 10.8. The zero-order chi connectivity index (χ0) is 33.5. The average molecular weight is 665 g/mol. The first-order valence-corrected chi connectivity index (χ1v) is 18.7. The Kier molecular flexibility index (Phi) is 12.7. The van der Waals surface area contributed by atoms with Crippen LogP contribution in [0.3, 0.4) is 0 Å². The van der Waals surface area contributed by atoms with Gasteiger partial charge in [0.05, 0.1) is 11.6 Å². The highest BCUT2D eigenvalue weighted by Gasteiger charge is 2.48. The zero-order valence-corrected chi connectivity index (χ0v) is 28.6. The lowest BCUT2D eigenvalue weighted by Crippen LogP contribution is -2.65. The Balaban J connectivity index is 1.51. The quantitative estimate of drug-likeness (QED) is 0.163. The smallest absolute Gasteiger partial charge is 0.315 e. The first-order valence-electron chi connectivity index (χ1n) is 17.5. The third-order valence-corrected chi connectivity index (χ3v) is 11.9. The molecule has 3 saturated carbocycles. The number of carbonyl (C=O) groups excluding carboxylic acids is 5. The topological polar surface area (TPSA) is 177 Å². The van der Waals surface area contributed by atoms with Gasteiger partial charge in [0.15, 0.2) is 0 Å². The van der Waals surface area contributed by atoms with Gasteiger partial charge in [-0.1, -0.05) is 76.3 Å². The molecule has 0 aromatic rings. The minimum atomic E-state index is -2.38. The minimum Gasteiger partial charge on any atom is -0.772 e. The van der Waals surface area contributed by atoms with Gasteiger partial charge < -0.3 is 30.7 Å². The first-order chi connectivity index (χ1) is 21.9. The highest BCUT2D eigenvalue weighted by Crippen LogP contribution is 2.40. The van der Waals surface area contributed by atoms with E-state index in [9.17, 15) is 32.7 Å². The maximum absolute atomic E-state index is 14.4. The van der Waals surface area contributed by atoms with Crippen molar-refractivity contribution in [2.75, 3.05) is 6.54 Å². The van der Waals surface area contributed by atoms with E-state index in [2.05, 4.69) is 21.3 Å². The van der Waals surface area contributed by atoms with E-state index in [1.165, 1.54) is 4.90 Å². The van der Waals surface area contributed by atoms with Crippen molar-refractivity contribution in [1.82, 2.24) is 26.2 Å². The van der Waals surface area contributed by atoms with Crippen molar-refractivity contribution in [2.24, 2.45) is 5.41 Å². The van der Waals surface area contributed by atoms with Crippen molar-refractivity contribution in [3.8, 4) is 0 Å². The van der Waals surface area contributed by atoms with Crippen LogP contribution < -0.4 is 21.3 Å². The number of rotatable bonds is 14. The molecule has 1 heterocycles. The third kappa shape index (κ3) is 8.87. The second-order valence-electron chi connectivity index (χ2n) is 14.4. The molecule has 1 saturated heterocycles.